The Bertz CT molecular complexity index is 251. The maximum Gasteiger partial charge on any atom is 0.223 e. The van der Waals surface area contributed by atoms with Crippen LogP contribution in [0.3, 0.4) is 0 Å². The van der Waals surface area contributed by atoms with Crippen LogP contribution in [0.1, 0.15) is 51.9 Å². The zero-order valence-corrected chi connectivity index (χ0v) is 10.4. The molecule has 2 aliphatic carbocycles. The monoisotopic (exact) mass is 224 g/mol. The fraction of sp³-hybridized carbons (Fsp3) is 0.923. The number of carbonyl (C=O) groups is 1. The first-order valence-electron chi connectivity index (χ1n) is 6.70. The normalized spacial score (nSPS) is 22.6. The molecule has 1 amide bonds. The van der Waals surface area contributed by atoms with Gasteiger partial charge >= 0.3 is 0 Å². The van der Waals surface area contributed by atoms with Crippen LogP contribution in [0, 0.1) is 5.41 Å². The lowest BCUT2D eigenvalue weighted by Crippen LogP contribution is -2.44. The predicted molar refractivity (Wildman–Crippen MR) is 65.0 cm³/mol. The van der Waals surface area contributed by atoms with Crippen LogP contribution in [0.2, 0.25) is 0 Å². The highest BCUT2D eigenvalue weighted by Gasteiger charge is 2.40. The summed E-state index contributed by atoms with van der Waals surface area (Å²) in [5, 5.41) is 0. The van der Waals surface area contributed by atoms with Crippen molar-refractivity contribution in [3.63, 3.8) is 0 Å². The van der Waals surface area contributed by atoms with Crippen LogP contribution in [-0.2, 0) is 4.79 Å². The lowest BCUT2D eigenvalue weighted by Gasteiger charge is -2.41. The van der Waals surface area contributed by atoms with E-state index in [1.165, 1.54) is 19.3 Å². The van der Waals surface area contributed by atoms with Crippen LogP contribution in [0.25, 0.3) is 0 Å². The van der Waals surface area contributed by atoms with Crippen molar-refractivity contribution in [1.82, 2.24) is 4.90 Å². The summed E-state index contributed by atoms with van der Waals surface area (Å²) in [7, 11) is 0. The van der Waals surface area contributed by atoms with Gasteiger partial charge < -0.3 is 10.6 Å². The van der Waals surface area contributed by atoms with E-state index in [4.69, 9.17) is 5.73 Å². The zero-order chi connectivity index (χ0) is 11.6. The Kier molecular flexibility index (Phi) is 3.53. The third kappa shape index (κ3) is 2.40. The van der Waals surface area contributed by atoms with E-state index in [1.807, 2.05) is 0 Å². The standard InChI is InChI=1S/C13H24N2O/c1-2-8-15(11-4-5-11)12(16)9-13(10-14)6-3-7-13/h11H,2-10,14H2,1H3. The van der Waals surface area contributed by atoms with Gasteiger partial charge in [-0.15, -0.1) is 0 Å². The summed E-state index contributed by atoms with van der Waals surface area (Å²) in [5.74, 6) is 0.356. The van der Waals surface area contributed by atoms with Gasteiger partial charge in [0.15, 0.2) is 0 Å². The summed E-state index contributed by atoms with van der Waals surface area (Å²) in [6.45, 7) is 3.76. The summed E-state index contributed by atoms with van der Waals surface area (Å²) in [6.07, 6.45) is 7.74. The maximum atomic E-state index is 12.3. The van der Waals surface area contributed by atoms with Gasteiger partial charge in [-0.25, -0.2) is 0 Å². The van der Waals surface area contributed by atoms with Gasteiger partial charge in [0.05, 0.1) is 0 Å². The first-order valence-corrected chi connectivity index (χ1v) is 6.70. The van der Waals surface area contributed by atoms with Gasteiger partial charge in [-0.3, -0.25) is 4.79 Å². The first kappa shape index (κ1) is 11.9. The molecule has 3 heteroatoms. The summed E-state index contributed by atoms with van der Waals surface area (Å²) < 4.78 is 0. The number of hydrogen-bond acceptors (Lipinski definition) is 2. The van der Waals surface area contributed by atoms with E-state index in [0.717, 1.165) is 25.8 Å². The van der Waals surface area contributed by atoms with Gasteiger partial charge in [0.2, 0.25) is 5.91 Å². The molecule has 0 bridgehead atoms. The minimum Gasteiger partial charge on any atom is -0.340 e. The maximum absolute atomic E-state index is 12.3. The van der Waals surface area contributed by atoms with Crippen LogP contribution >= 0.6 is 0 Å². The molecule has 0 unspecified atom stereocenters. The lowest BCUT2D eigenvalue weighted by atomic mass is 9.66. The Morgan fingerprint density at radius 3 is 2.50 bits per heavy atom. The van der Waals surface area contributed by atoms with Crippen molar-refractivity contribution in [2.24, 2.45) is 11.1 Å². The van der Waals surface area contributed by atoms with E-state index in [2.05, 4.69) is 11.8 Å². The van der Waals surface area contributed by atoms with Gasteiger partial charge in [0, 0.05) is 19.0 Å². The summed E-state index contributed by atoms with van der Waals surface area (Å²) in [6, 6.07) is 0.558. The Morgan fingerprint density at radius 2 is 2.12 bits per heavy atom. The van der Waals surface area contributed by atoms with E-state index in [-0.39, 0.29) is 5.41 Å². The van der Waals surface area contributed by atoms with E-state index >= 15 is 0 Å². The molecule has 2 aliphatic rings. The minimum atomic E-state index is 0.165. The molecular formula is C13H24N2O. The largest absolute Gasteiger partial charge is 0.340 e. The summed E-state index contributed by atoms with van der Waals surface area (Å²) in [5.41, 5.74) is 5.98. The minimum absolute atomic E-state index is 0.165. The topological polar surface area (TPSA) is 46.3 Å². The molecule has 2 fully saturated rings. The second kappa shape index (κ2) is 4.74. The van der Waals surface area contributed by atoms with Crippen molar-refractivity contribution in [3.05, 3.63) is 0 Å². The Hall–Kier alpha value is -0.570. The molecule has 0 aliphatic heterocycles. The number of amides is 1. The van der Waals surface area contributed by atoms with E-state index < -0.39 is 0 Å². The van der Waals surface area contributed by atoms with Gasteiger partial charge in [-0.05, 0) is 44.1 Å². The molecule has 0 saturated heterocycles. The zero-order valence-electron chi connectivity index (χ0n) is 10.4. The number of nitrogens with two attached hydrogens (primary N) is 1. The highest BCUT2D eigenvalue weighted by atomic mass is 16.2. The molecule has 92 valence electrons. The fourth-order valence-electron chi connectivity index (χ4n) is 2.69. The number of hydrogen-bond donors (Lipinski definition) is 1. The Labute approximate surface area is 98.4 Å². The van der Waals surface area contributed by atoms with Crippen molar-refractivity contribution < 1.29 is 4.79 Å². The molecule has 0 aromatic heterocycles. The molecule has 0 spiro atoms. The van der Waals surface area contributed by atoms with Crippen LogP contribution in [0.15, 0.2) is 0 Å². The van der Waals surface area contributed by atoms with Crippen molar-refractivity contribution in [1.29, 1.82) is 0 Å². The van der Waals surface area contributed by atoms with Crippen molar-refractivity contribution >= 4 is 5.91 Å². The number of nitrogens with zero attached hydrogens (tertiary/aromatic N) is 1. The van der Waals surface area contributed by atoms with Gasteiger partial charge in [-0.1, -0.05) is 13.3 Å². The third-order valence-electron chi connectivity index (χ3n) is 4.15. The SMILES string of the molecule is CCCN(C(=O)CC1(CN)CCC1)C1CC1. The smallest absolute Gasteiger partial charge is 0.223 e. The second-order valence-electron chi connectivity index (χ2n) is 5.55. The summed E-state index contributed by atoms with van der Waals surface area (Å²) in [4.78, 5) is 14.4. The van der Waals surface area contributed by atoms with E-state index in [9.17, 15) is 4.79 Å². The van der Waals surface area contributed by atoms with E-state index in [0.29, 0.717) is 24.9 Å². The first-order chi connectivity index (χ1) is 7.71. The van der Waals surface area contributed by atoms with Crippen LogP contribution in [0.5, 0.6) is 0 Å². The van der Waals surface area contributed by atoms with Crippen LogP contribution < -0.4 is 5.73 Å². The number of rotatable bonds is 6. The molecule has 0 radical (unpaired) electrons. The van der Waals surface area contributed by atoms with Gasteiger partial charge in [0.25, 0.3) is 0 Å². The highest BCUT2D eigenvalue weighted by Crippen LogP contribution is 2.44. The molecule has 0 aromatic carbocycles. The van der Waals surface area contributed by atoms with Crippen molar-refractivity contribution in [2.75, 3.05) is 13.1 Å². The average molecular weight is 224 g/mol. The molecule has 0 atom stereocenters. The second-order valence-corrected chi connectivity index (χ2v) is 5.55. The fourth-order valence-corrected chi connectivity index (χ4v) is 2.69. The van der Waals surface area contributed by atoms with Gasteiger partial charge in [-0.2, -0.15) is 0 Å². The van der Waals surface area contributed by atoms with Crippen molar-refractivity contribution in [3.8, 4) is 0 Å². The third-order valence-corrected chi connectivity index (χ3v) is 4.15. The van der Waals surface area contributed by atoms with Crippen LogP contribution in [0.4, 0.5) is 0 Å². The summed E-state index contributed by atoms with van der Waals surface area (Å²) >= 11 is 0. The molecule has 0 aromatic rings. The van der Waals surface area contributed by atoms with E-state index in [1.54, 1.807) is 0 Å². The van der Waals surface area contributed by atoms with Crippen molar-refractivity contribution in [2.45, 2.75) is 57.9 Å². The Morgan fingerprint density at radius 1 is 1.44 bits per heavy atom. The van der Waals surface area contributed by atoms with Crippen LogP contribution in [-0.4, -0.2) is 29.9 Å². The molecule has 2 saturated carbocycles. The Balaban J connectivity index is 1.89. The molecule has 3 nitrogen and oxygen atoms in total. The molecule has 16 heavy (non-hydrogen) atoms. The molecule has 2 rings (SSSR count). The number of carbonyl (C=O) groups excluding carboxylic acids is 1. The average Bonchev–Trinajstić information content (AvgIpc) is 3.03. The lowest BCUT2D eigenvalue weighted by molar-refractivity contribution is -0.135. The molecule has 0 heterocycles. The highest BCUT2D eigenvalue weighted by molar-refractivity contribution is 5.77. The molecular weight excluding hydrogens is 200 g/mol. The van der Waals surface area contributed by atoms with Gasteiger partial charge in [0.1, 0.15) is 0 Å². The quantitative estimate of drug-likeness (QED) is 0.749. The predicted octanol–water partition coefficient (Wildman–Crippen LogP) is 1.91. The molecule has 2 N–H and O–H groups in total.